The summed E-state index contributed by atoms with van der Waals surface area (Å²) in [4.78, 5) is 15.8. The Labute approximate surface area is 194 Å². The van der Waals surface area contributed by atoms with Crippen LogP contribution in [0, 0.1) is 6.92 Å². The highest BCUT2D eigenvalue weighted by Crippen LogP contribution is 2.32. The van der Waals surface area contributed by atoms with Gasteiger partial charge in [0.2, 0.25) is 0 Å². The molecule has 0 bridgehead atoms. The van der Waals surface area contributed by atoms with Gasteiger partial charge in [0, 0.05) is 42.3 Å². The second-order valence-electron chi connectivity index (χ2n) is 8.88. The first-order valence-corrected chi connectivity index (χ1v) is 11.5. The monoisotopic (exact) mass is 430 g/mol. The predicted octanol–water partition coefficient (Wildman–Crippen LogP) is 6.16. The topological polar surface area (TPSA) is 44.8 Å². The summed E-state index contributed by atoms with van der Waals surface area (Å²) in [5.74, 6) is 0.813. The zero-order valence-electron chi connectivity index (χ0n) is 18.8. The second kappa shape index (κ2) is 8.30. The molecule has 6 rings (SSSR count). The molecule has 4 nitrogen and oxygen atoms in total. The molecule has 0 unspecified atom stereocenters. The van der Waals surface area contributed by atoms with E-state index in [0.717, 1.165) is 43.1 Å². The second-order valence-corrected chi connectivity index (χ2v) is 8.88. The van der Waals surface area contributed by atoms with Crippen LogP contribution in [-0.2, 0) is 19.5 Å². The fraction of sp³-hybridized carbons (Fsp3) is 0.172. The SMILES string of the molecule is Cc1ccc(-c2ncc3c(n2)CN(Cc2c(-c4ccccc4)[nH]c4ccccc24)CC3)cc1. The van der Waals surface area contributed by atoms with Crippen molar-refractivity contribution in [3.05, 3.63) is 107 Å². The average molecular weight is 431 g/mol. The van der Waals surface area contributed by atoms with Crippen LogP contribution in [-0.4, -0.2) is 26.4 Å². The summed E-state index contributed by atoms with van der Waals surface area (Å²) in [6.07, 6.45) is 3.00. The van der Waals surface area contributed by atoms with Gasteiger partial charge in [0.05, 0.1) is 11.4 Å². The molecule has 162 valence electrons. The predicted molar refractivity (Wildman–Crippen MR) is 134 cm³/mol. The van der Waals surface area contributed by atoms with Crippen molar-refractivity contribution < 1.29 is 0 Å². The number of para-hydroxylation sites is 1. The number of hydrogen-bond acceptors (Lipinski definition) is 3. The number of nitrogens with zero attached hydrogens (tertiary/aromatic N) is 3. The van der Waals surface area contributed by atoms with Crippen LogP contribution in [0.4, 0.5) is 0 Å². The van der Waals surface area contributed by atoms with E-state index in [1.165, 1.54) is 38.9 Å². The molecule has 4 heteroatoms. The van der Waals surface area contributed by atoms with E-state index in [1.807, 2.05) is 6.20 Å². The summed E-state index contributed by atoms with van der Waals surface area (Å²) in [7, 11) is 0. The molecular formula is C29H26N4. The first kappa shape index (κ1) is 19.9. The molecule has 0 spiro atoms. The minimum Gasteiger partial charge on any atom is -0.354 e. The van der Waals surface area contributed by atoms with Crippen LogP contribution in [0.1, 0.15) is 22.4 Å². The summed E-state index contributed by atoms with van der Waals surface area (Å²) < 4.78 is 0. The Kier molecular flexibility index (Phi) is 5.00. The number of aryl methyl sites for hydroxylation is 1. The third-order valence-corrected chi connectivity index (χ3v) is 6.59. The smallest absolute Gasteiger partial charge is 0.159 e. The molecule has 3 aromatic carbocycles. The van der Waals surface area contributed by atoms with E-state index in [2.05, 4.69) is 101 Å². The zero-order chi connectivity index (χ0) is 22.2. The number of aromatic amines is 1. The normalized spacial score (nSPS) is 13.8. The average Bonchev–Trinajstić information content (AvgIpc) is 3.23. The van der Waals surface area contributed by atoms with Crippen molar-refractivity contribution in [3.63, 3.8) is 0 Å². The minimum absolute atomic E-state index is 0.813. The summed E-state index contributed by atoms with van der Waals surface area (Å²) in [5.41, 5.74) is 9.72. The molecule has 2 aromatic heterocycles. The molecule has 0 fully saturated rings. The molecule has 0 radical (unpaired) electrons. The highest BCUT2D eigenvalue weighted by molar-refractivity contribution is 5.90. The first-order valence-electron chi connectivity index (χ1n) is 11.5. The number of aromatic nitrogens is 3. The summed E-state index contributed by atoms with van der Waals surface area (Å²) >= 11 is 0. The van der Waals surface area contributed by atoms with E-state index in [4.69, 9.17) is 4.98 Å². The van der Waals surface area contributed by atoms with Crippen molar-refractivity contribution in [3.8, 4) is 22.6 Å². The number of fused-ring (bicyclic) bond motifs is 2. The highest BCUT2D eigenvalue weighted by Gasteiger charge is 2.22. The van der Waals surface area contributed by atoms with E-state index in [1.54, 1.807) is 0 Å². The number of rotatable bonds is 4. The molecule has 0 saturated carbocycles. The maximum Gasteiger partial charge on any atom is 0.159 e. The van der Waals surface area contributed by atoms with E-state index in [-0.39, 0.29) is 0 Å². The number of H-pyrrole nitrogens is 1. The van der Waals surface area contributed by atoms with Crippen molar-refractivity contribution in [1.82, 2.24) is 19.9 Å². The summed E-state index contributed by atoms with van der Waals surface area (Å²) in [6, 6.07) is 27.7. The molecule has 0 saturated heterocycles. The Morgan fingerprint density at radius 3 is 2.52 bits per heavy atom. The molecule has 0 atom stereocenters. The lowest BCUT2D eigenvalue weighted by Crippen LogP contribution is -2.31. The zero-order valence-corrected chi connectivity index (χ0v) is 18.8. The first-order chi connectivity index (χ1) is 16.2. The van der Waals surface area contributed by atoms with Crippen LogP contribution >= 0.6 is 0 Å². The van der Waals surface area contributed by atoms with Crippen LogP contribution < -0.4 is 0 Å². The molecule has 5 aromatic rings. The van der Waals surface area contributed by atoms with Crippen LogP contribution in [0.15, 0.2) is 85.1 Å². The fourth-order valence-electron chi connectivity index (χ4n) is 4.77. The third-order valence-electron chi connectivity index (χ3n) is 6.59. The van der Waals surface area contributed by atoms with Crippen molar-refractivity contribution in [1.29, 1.82) is 0 Å². The highest BCUT2D eigenvalue weighted by atomic mass is 15.1. The standard InChI is InChI=1S/C29H26N4/c1-20-11-13-22(14-12-20)29-30-17-23-15-16-33(19-27(23)32-29)18-25-24-9-5-6-10-26(24)31-28(25)21-7-3-2-4-8-21/h2-14,17,31H,15-16,18-19H2,1H3. The van der Waals surface area contributed by atoms with Gasteiger partial charge in [-0.2, -0.15) is 0 Å². The van der Waals surface area contributed by atoms with E-state index in [0.29, 0.717) is 0 Å². The Hall–Kier alpha value is -3.76. The van der Waals surface area contributed by atoms with Crippen molar-refractivity contribution in [2.75, 3.05) is 6.54 Å². The van der Waals surface area contributed by atoms with Crippen molar-refractivity contribution in [2.45, 2.75) is 26.4 Å². The Balaban J connectivity index is 1.33. The van der Waals surface area contributed by atoms with Crippen LogP contribution in [0.2, 0.25) is 0 Å². The van der Waals surface area contributed by atoms with Gasteiger partial charge in [-0.05, 0) is 36.1 Å². The molecule has 1 N–H and O–H groups in total. The largest absolute Gasteiger partial charge is 0.354 e. The summed E-state index contributed by atoms with van der Waals surface area (Å²) in [6.45, 7) is 4.83. The van der Waals surface area contributed by atoms with Crippen LogP contribution in [0.25, 0.3) is 33.5 Å². The van der Waals surface area contributed by atoms with Gasteiger partial charge in [-0.25, -0.2) is 9.97 Å². The van der Waals surface area contributed by atoms with E-state index >= 15 is 0 Å². The molecule has 0 amide bonds. The molecule has 0 aliphatic carbocycles. The number of hydrogen-bond donors (Lipinski definition) is 1. The number of benzene rings is 3. The van der Waals surface area contributed by atoms with Gasteiger partial charge in [0.1, 0.15) is 0 Å². The molecule has 1 aliphatic heterocycles. The van der Waals surface area contributed by atoms with Gasteiger partial charge in [0.25, 0.3) is 0 Å². The van der Waals surface area contributed by atoms with Crippen LogP contribution in [0.5, 0.6) is 0 Å². The molecular weight excluding hydrogens is 404 g/mol. The molecule has 33 heavy (non-hydrogen) atoms. The van der Waals surface area contributed by atoms with Crippen molar-refractivity contribution >= 4 is 10.9 Å². The summed E-state index contributed by atoms with van der Waals surface area (Å²) in [5, 5.41) is 1.30. The van der Waals surface area contributed by atoms with Gasteiger partial charge in [-0.15, -0.1) is 0 Å². The lowest BCUT2D eigenvalue weighted by molar-refractivity contribution is 0.242. The van der Waals surface area contributed by atoms with Gasteiger partial charge in [-0.1, -0.05) is 78.4 Å². The maximum absolute atomic E-state index is 4.98. The van der Waals surface area contributed by atoms with Crippen LogP contribution in [0.3, 0.4) is 0 Å². The minimum atomic E-state index is 0.813. The lowest BCUT2D eigenvalue weighted by atomic mass is 10.0. The Morgan fingerprint density at radius 1 is 0.879 bits per heavy atom. The van der Waals surface area contributed by atoms with E-state index in [9.17, 15) is 0 Å². The Morgan fingerprint density at radius 2 is 1.67 bits per heavy atom. The van der Waals surface area contributed by atoms with Crippen molar-refractivity contribution in [2.24, 2.45) is 0 Å². The lowest BCUT2D eigenvalue weighted by Gasteiger charge is -2.28. The van der Waals surface area contributed by atoms with Gasteiger partial charge >= 0.3 is 0 Å². The van der Waals surface area contributed by atoms with Gasteiger partial charge in [-0.3, -0.25) is 4.90 Å². The molecule has 1 aliphatic rings. The fourth-order valence-corrected chi connectivity index (χ4v) is 4.77. The maximum atomic E-state index is 4.98. The Bertz CT molecular complexity index is 1420. The third kappa shape index (κ3) is 3.83. The number of nitrogens with one attached hydrogen (secondary N) is 1. The van der Waals surface area contributed by atoms with Gasteiger partial charge < -0.3 is 4.98 Å². The van der Waals surface area contributed by atoms with E-state index < -0.39 is 0 Å². The van der Waals surface area contributed by atoms with Gasteiger partial charge in [0.15, 0.2) is 5.82 Å². The quantitative estimate of drug-likeness (QED) is 0.371. The molecule has 3 heterocycles.